The van der Waals surface area contributed by atoms with Gasteiger partial charge < -0.3 is 31.6 Å². The number of carbonyl (C=O) groups excluding carboxylic acids is 2. The maximum absolute atomic E-state index is 13.5. The van der Waals surface area contributed by atoms with Gasteiger partial charge in [-0.05, 0) is 61.0 Å². The number of nitrogens with two attached hydrogens (primary N) is 2. The van der Waals surface area contributed by atoms with Crippen LogP contribution in [0.5, 0.6) is 17.2 Å². The summed E-state index contributed by atoms with van der Waals surface area (Å²) < 4.78 is 64.7. The Bertz CT molecular complexity index is 1380. The third kappa shape index (κ3) is 6.56. The molecule has 0 atom stereocenters. The fraction of sp³-hybridized carbons (Fsp3) is 0.160. The molecule has 0 saturated carbocycles. The van der Waals surface area contributed by atoms with Crippen molar-refractivity contribution in [3.63, 3.8) is 0 Å². The summed E-state index contributed by atoms with van der Waals surface area (Å²) in [5.41, 5.74) is 9.57. The quantitative estimate of drug-likeness (QED) is 0.116. The number of guanidine groups is 1. The predicted molar refractivity (Wildman–Crippen MR) is 133 cm³/mol. The number of halogens is 4. The first-order chi connectivity index (χ1) is 17.9. The molecule has 13 heteroatoms. The molecule has 3 aromatic carbocycles. The van der Waals surface area contributed by atoms with Crippen LogP contribution in [0.3, 0.4) is 0 Å². The molecule has 200 valence electrons. The number of aryl methyl sites for hydroxylation is 1. The van der Waals surface area contributed by atoms with Crippen molar-refractivity contribution in [3.05, 3.63) is 76.6 Å². The molecule has 3 rings (SSSR count). The van der Waals surface area contributed by atoms with Gasteiger partial charge in [0.1, 0.15) is 29.7 Å². The van der Waals surface area contributed by atoms with Crippen molar-refractivity contribution >= 4 is 29.5 Å². The highest BCUT2D eigenvalue weighted by Gasteiger charge is 2.32. The van der Waals surface area contributed by atoms with E-state index in [-0.39, 0.29) is 52.7 Å². The molecule has 0 heterocycles. The minimum atomic E-state index is -4.73. The summed E-state index contributed by atoms with van der Waals surface area (Å²) in [5.74, 6) is -2.38. The molecule has 38 heavy (non-hydrogen) atoms. The van der Waals surface area contributed by atoms with Crippen LogP contribution in [0.25, 0.3) is 0 Å². The number of amides is 1. The molecule has 0 aliphatic heterocycles. The summed E-state index contributed by atoms with van der Waals surface area (Å²) in [6.45, 7) is 1.71. The highest BCUT2D eigenvalue weighted by atomic mass is 19.4. The van der Waals surface area contributed by atoms with Gasteiger partial charge in [0, 0.05) is 6.54 Å². The minimum Gasteiger partial charge on any atom is -0.491 e. The molecule has 0 aliphatic rings. The number of aldehydes is 1. The lowest BCUT2D eigenvalue weighted by atomic mass is 10.1. The van der Waals surface area contributed by atoms with Crippen LogP contribution in [0.15, 0.2) is 48.5 Å². The fourth-order valence-electron chi connectivity index (χ4n) is 3.39. The number of anilines is 2. The summed E-state index contributed by atoms with van der Waals surface area (Å²) in [6, 6.07) is 8.38. The zero-order valence-corrected chi connectivity index (χ0v) is 19.9. The largest absolute Gasteiger partial charge is 0.491 e. The predicted octanol–water partition coefficient (Wildman–Crippen LogP) is 4.65. The van der Waals surface area contributed by atoms with E-state index in [1.54, 1.807) is 0 Å². The smallest absolute Gasteiger partial charge is 0.416 e. The molecule has 0 aliphatic carbocycles. The van der Waals surface area contributed by atoms with Crippen molar-refractivity contribution in [3.8, 4) is 17.2 Å². The van der Waals surface area contributed by atoms with Gasteiger partial charge in [-0.3, -0.25) is 15.0 Å². The van der Waals surface area contributed by atoms with Crippen LogP contribution < -0.4 is 31.6 Å². The zero-order chi connectivity index (χ0) is 28.0. The molecule has 9 nitrogen and oxygen atoms in total. The molecule has 3 aromatic rings. The average molecular weight is 533 g/mol. The number of hydrogen-bond donors (Lipinski definition) is 5. The second-order valence-electron chi connectivity index (χ2n) is 7.87. The number of nitrogens with one attached hydrogen (secondary N) is 3. The second kappa shape index (κ2) is 11.6. The van der Waals surface area contributed by atoms with Crippen molar-refractivity contribution in [2.24, 2.45) is 11.5 Å². The van der Waals surface area contributed by atoms with Crippen molar-refractivity contribution in [2.75, 3.05) is 23.8 Å². The molecule has 0 spiro atoms. The van der Waals surface area contributed by atoms with Crippen molar-refractivity contribution in [1.29, 1.82) is 5.41 Å². The standard InChI is InChI=1S/C25H23F4N5O4/c1-13-10-15(26)3-6-19(13)38-21-11-14(25(27,28)29)2-4-16(21)23(36)33-18-5-7-20(37-9-8-30)17(12-35)22(18)34-24(31)32/h2-7,10-12H,8-9,30H2,1H3,(H,33,36)(H4,31,32,34). The van der Waals surface area contributed by atoms with Crippen LogP contribution in [0.1, 0.15) is 31.8 Å². The van der Waals surface area contributed by atoms with Gasteiger partial charge in [-0.25, -0.2) is 4.39 Å². The topological polar surface area (TPSA) is 153 Å². The molecule has 0 fully saturated rings. The lowest BCUT2D eigenvalue weighted by molar-refractivity contribution is -0.137. The first-order valence-electron chi connectivity index (χ1n) is 11.0. The van der Waals surface area contributed by atoms with E-state index < -0.39 is 35.2 Å². The Kier molecular flexibility index (Phi) is 8.53. The van der Waals surface area contributed by atoms with Crippen molar-refractivity contribution in [2.45, 2.75) is 13.1 Å². The lowest BCUT2D eigenvalue weighted by Gasteiger charge is -2.19. The average Bonchev–Trinajstić information content (AvgIpc) is 2.84. The third-order valence-corrected chi connectivity index (χ3v) is 5.12. The monoisotopic (exact) mass is 533 g/mol. The van der Waals surface area contributed by atoms with Gasteiger partial charge in [0.25, 0.3) is 5.91 Å². The van der Waals surface area contributed by atoms with Crippen LogP contribution >= 0.6 is 0 Å². The van der Waals surface area contributed by atoms with Crippen molar-refractivity contribution < 1.29 is 36.6 Å². The molecule has 0 bridgehead atoms. The van der Waals surface area contributed by atoms with Gasteiger partial charge in [0.2, 0.25) is 0 Å². The number of carbonyl (C=O) groups is 2. The molecule has 1 amide bonds. The number of alkyl halides is 3. The highest BCUT2D eigenvalue weighted by Crippen LogP contribution is 2.37. The Labute approximate surface area is 214 Å². The number of ether oxygens (including phenoxy) is 2. The van der Waals surface area contributed by atoms with E-state index in [9.17, 15) is 27.2 Å². The van der Waals surface area contributed by atoms with Crippen LogP contribution in [0, 0.1) is 18.2 Å². The van der Waals surface area contributed by atoms with E-state index in [2.05, 4.69) is 10.6 Å². The third-order valence-electron chi connectivity index (χ3n) is 5.12. The van der Waals surface area contributed by atoms with Gasteiger partial charge in [-0.1, -0.05) is 0 Å². The van der Waals surface area contributed by atoms with Crippen LogP contribution in [-0.4, -0.2) is 31.3 Å². The number of rotatable bonds is 9. The van der Waals surface area contributed by atoms with Crippen LogP contribution in [-0.2, 0) is 6.18 Å². The maximum Gasteiger partial charge on any atom is 0.416 e. The van der Waals surface area contributed by atoms with E-state index in [0.29, 0.717) is 18.4 Å². The zero-order valence-electron chi connectivity index (χ0n) is 19.9. The van der Waals surface area contributed by atoms with Gasteiger partial charge in [-0.2, -0.15) is 13.2 Å². The highest BCUT2D eigenvalue weighted by molar-refractivity contribution is 6.11. The molecular weight excluding hydrogens is 510 g/mol. The Balaban J connectivity index is 2.06. The van der Waals surface area contributed by atoms with Gasteiger partial charge >= 0.3 is 6.18 Å². The molecule has 0 saturated heterocycles. The van der Waals surface area contributed by atoms with Crippen LogP contribution in [0.4, 0.5) is 28.9 Å². The Hall–Kier alpha value is -4.65. The maximum atomic E-state index is 13.5. The lowest BCUT2D eigenvalue weighted by Crippen LogP contribution is -2.24. The number of benzene rings is 3. The summed E-state index contributed by atoms with van der Waals surface area (Å²) in [6.07, 6.45) is -4.32. The normalized spacial score (nSPS) is 11.0. The number of hydrogen-bond acceptors (Lipinski definition) is 6. The SMILES string of the molecule is Cc1cc(F)ccc1Oc1cc(C(F)(F)F)ccc1C(=O)Nc1ccc(OCCN)c(C=O)c1NC(=N)N. The molecular formula is C25H23F4N5O4. The van der Waals surface area contributed by atoms with Gasteiger partial charge in [0.15, 0.2) is 12.2 Å². The molecule has 0 aromatic heterocycles. The van der Waals surface area contributed by atoms with E-state index >= 15 is 0 Å². The Morgan fingerprint density at radius 2 is 1.76 bits per heavy atom. The Morgan fingerprint density at radius 1 is 1.05 bits per heavy atom. The Morgan fingerprint density at radius 3 is 2.37 bits per heavy atom. The molecule has 0 radical (unpaired) electrons. The summed E-state index contributed by atoms with van der Waals surface area (Å²) in [4.78, 5) is 25.1. The van der Waals surface area contributed by atoms with E-state index in [0.717, 1.165) is 18.2 Å². The van der Waals surface area contributed by atoms with Gasteiger partial charge in [0.05, 0.1) is 28.1 Å². The summed E-state index contributed by atoms with van der Waals surface area (Å²) >= 11 is 0. The molecule has 0 unspecified atom stereocenters. The minimum absolute atomic E-state index is 0.0309. The first-order valence-corrected chi connectivity index (χ1v) is 11.0. The second-order valence-corrected chi connectivity index (χ2v) is 7.87. The summed E-state index contributed by atoms with van der Waals surface area (Å²) in [5, 5.41) is 12.5. The van der Waals surface area contributed by atoms with E-state index in [1.807, 2.05) is 0 Å². The molecule has 7 N–H and O–H groups in total. The first kappa shape index (κ1) is 27.9. The van der Waals surface area contributed by atoms with E-state index in [1.165, 1.54) is 25.1 Å². The summed E-state index contributed by atoms with van der Waals surface area (Å²) in [7, 11) is 0. The van der Waals surface area contributed by atoms with Crippen LogP contribution in [0.2, 0.25) is 0 Å². The fourth-order valence-corrected chi connectivity index (χ4v) is 3.39. The van der Waals surface area contributed by atoms with E-state index in [4.69, 9.17) is 26.4 Å². The van der Waals surface area contributed by atoms with Gasteiger partial charge in [-0.15, -0.1) is 0 Å². The van der Waals surface area contributed by atoms with Crippen molar-refractivity contribution in [1.82, 2.24) is 0 Å².